The predicted octanol–water partition coefficient (Wildman–Crippen LogP) is 3.40. The predicted molar refractivity (Wildman–Crippen MR) is 102 cm³/mol. The Balaban J connectivity index is 1.66. The number of rotatable bonds is 5. The Kier molecular flexibility index (Phi) is 5.07. The first-order chi connectivity index (χ1) is 14.1. The standard InChI is InChI=1S/C18H17FN8O2/c1-2-11-13(25-26-20)12(19)18(29-11)27-9-23-14-15(21-8-22-16(14)27)24-17(28)10-6-4-3-5-7-10/h3-9,11-13,18H,2H2,1H3,(H,21,22,24,28). The maximum atomic E-state index is 14.9. The maximum Gasteiger partial charge on any atom is 0.256 e. The van der Waals surface area contributed by atoms with Crippen LogP contribution in [0.25, 0.3) is 21.6 Å². The van der Waals surface area contributed by atoms with E-state index in [0.29, 0.717) is 23.1 Å². The van der Waals surface area contributed by atoms with Crippen LogP contribution in [0.3, 0.4) is 0 Å². The number of amides is 1. The fraction of sp³-hybridized carbons (Fsp3) is 0.333. The zero-order valence-corrected chi connectivity index (χ0v) is 15.4. The average Bonchev–Trinajstić information content (AvgIpc) is 3.31. The minimum Gasteiger partial charge on any atom is -0.351 e. The highest BCUT2D eigenvalue weighted by molar-refractivity contribution is 6.06. The molecule has 4 rings (SSSR count). The van der Waals surface area contributed by atoms with E-state index >= 15 is 0 Å². The summed E-state index contributed by atoms with van der Waals surface area (Å²) in [5.41, 5.74) is 9.78. The van der Waals surface area contributed by atoms with Crippen molar-refractivity contribution in [2.24, 2.45) is 5.11 Å². The van der Waals surface area contributed by atoms with Gasteiger partial charge in [-0.2, -0.15) is 0 Å². The third kappa shape index (κ3) is 3.37. The largest absolute Gasteiger partial charge is 0.351 e. The molecule has 1 aromatic carbocycles. The van der Waals surface area contributed by atoms with Gasteiger partial charge in [-0.3, -0.25) is 9.36 Å². The van der Waals surface area contributed by atoms with E-state index in [1.807, 2.05) is 13.0 Å². The van der Waals surface area contributed by atoms with Crippen LogP contribution >= 0.6 is 0 Å². The van der Waals surface area contributed by atoms with E-state index in [4.69, 9.17) is 10.3 Å². The molecule has 3 aromatic rings. The van der Waals surface area contributed by atoms with Crippen molar-refractivity contribution < 1.29 is 13.9 Å². The second-order valence-corrected chi connectivity index (χ2v) is 6.48. The molecule has 1 N–H and O–H groups in total. The number of carbonyl (C=O) groups excluding carboxylic acids is 1. The molecule has 1 aliphatic heterocycles. The molecule has 1 amide bonds. The highest BCUT2D eigenvalue weighted by atomic mass is 19.1. The van der Waals surface area contributed by atoms with Crippen molar-refractivity contribution in [3.8, 4) is 0 Å². The van der Waals surface area contributed by atoms with Gasteiger partial charge in [-0.05, 0) is 24.1 Å². The molecule has 0 spiro atoms. The molecular formula is C18H17FN8O2. The van der Waals surface area contributed by atoms with Crippen molar-refractivity contribution in [1.29, 1.82) is 0 Å². The molecule has 1 saturated heterocycles. The Morgan fingerprint density at radius 1 is 1.34 bits per heavy atom. The van der Waals surface area contributed by atoms with Gasteiger partial charge in [-0.1, -0.05) is 30.2 Å². The minimum absolute atomic E-state index is 0.203. The van der Waals surface area contributed by atoms with E-state index in [2.05, 4.69) is 30.3 Å². The lowest BCUT2D eigenvalue weighted by atomic mass is 10.1. The molecule has 0 saturated carbocycles. The van der Waals surface area contributed by atoms with Crippen LogP contribution in [0.5, 0.6) is 0 Å². The second kappa shape index (κ2) is 7.82. The summed E-state index contributed by atoms with van der Waals surface area (Å²) in [4.78, 5) is 27.7. The number of azide groups is 1. The summed E-state index contributed by atoms with van der Waals surface area (Å²) in [6.45, 7) is 1.82. The van der Waals surface area contributed by atoms with E-state index in [0.717, 1.165) is 0 Å². The number of alkyl halides is 1. The summed E-state index contributed by atoms with van der Waals surface area (Å²) in [5.74, 6) is -0.148. The van der Waals surface area contributed by atoms with Crippen LogP contribution in [0.2, 0.25) is 0 Å². The van der Waals surface area contributed by atoms with E-state index in [1.54, 1.807) is 24.3 Å². The highest BCUT2D eigenvalue weighted by Gasteiger charge is 2.45. The first kappa shape index (κ1) is 18.8. The quantitative estimate of drug-likeness (QED) is 0.401. The zero-order chi connectivity index (χ0) is 20.4. The molecule has 1 fully saturated rings. The number of ether oxygens (including phenoxy) is 1. The molecule has 4 unspecified atom stereocenters. The van der Waals surface area contributed by atoms with Crippen molar-refractivity contribution >= 4 is 22.9 Å². The summed E-state index contributed by atoms with van der Waals surface area (Å²) >= 11 is 0. The Morgan fingerprint density at radius 3 is 2.86 bits per heavy atom. The van der Waals surface area contributed by atoms with Crippen LogP contribution in [-0.2, 0) is 4.74 Å². The summed E-state index contributed by atoms with van der Waals surface area (Å²) in [6.07, 6.45) is -0.0486. The van der Waals surface area contributed by atoms with Crippen molar-refractivity contribution in [3.63, 3.8) is 0 Å². The molecule has 10 nitrogen and oxygen atoms in total. The van der Waals surface area contributed by atoms with Crippen LogP contribution in [-0.4, -0.2) is 43.7 Å². The number of halogens is 1. The minimum atomic E-state index is -1.56. The van der Waals surface area contributed by atoms with E-state index in [9.17, 15) is 9.18 Å². The summed E-state index contributed by atoms with van der Waals surface area (Å²) in [6, 6.07) is 7.72. The first-order valence-electron chi connectivity index (χ1n) is 9.01. The SMILES string of the molecule is CCC1OC(n2cnc3c(NC(=O)c4ccccc4)ncnc32)C(F)C1N=[N+]=[N-]. The molecule has 148 valence electrons. The van der Waals surface area contributed by atoms with Gasteiger partial charge in [0.15, 0.2) is 29.4 Å². The lowest BCUT2D eigenvalue weighted by molar-refractivity contribution is -0.0177. The van der Waals surface area contributed by atoms with Crippen molar-refractivity contribution in [1.82, 2.24) is 19.5 Å². The molecule has 4 atom stereocenters. The van der Waals surface area contributed by atoms with Crippen LogP contribution in [0.15, 0.2) is 48.1 Å². The van der Waals surface area contributed by atoms with E-state index < -0.39 is 24.5 Å². The van der Waals surface area contributed by atoms with Gasteiger partial charge in [0.1, 0.15) is 6.33 Å². The number of imidazole rings is 1. The monoisotopic (exact) mass is 396 g/mol. The van der Waals surface area contributed by atoms with Crippen LogP contribution in [0.4, 0.5) is 10.2 Å². The fourth-order valence-corrected chi connectivity index (χ4v) is 3.36. The molecule has 1 aliphatic rings. The molecule has 29 heavy (non-hydrogen) atoms. The Labute approximate surface area is 164 Å². The topological polar surface area (TPSA) is 131 Å². The number of nitrogens with one attached hydrogen (secondary N) is 1. The number of anilines is 1. The number of hydrogen-bond donors (Lipinski definition) is 1. The molecule has 0 bridgehead atoms. The lowest BCUT2D eigenvalue weighted by Gasteiger charge is -2.15. The summed E-state index contributed by atoms with van der Waals surface area (Å²) in [5, 5.41) is 6.24. The maximum absolute atomic E-state index is 14.9. The first-order valence-corrected chi connectivity index (χ1v) is 9.01. The summed E-state index contributed by atoms with van der Waals surface area (Å²) in [7, 11) is 0. The number of aromatic nitrogens is 4. The number of nitrogens with zero attached hydrogens (tertiary/aromatic N) is 7. The van der Waals surface area contributed by atoms with Gasteiger partial charge < -0.3 is 10.1 Å². The van der Waals surface area contributed by atoms with Crippen molar-refractivity contribution in [2.75, 3.05) is 5.32 Å². The molecule has 2 aromatic heterocycles. The Morgan fingerprint density at radius 2 is 2.14 bits per heavy atom. The molecule has 11 heteroatoms. The number of fused-ring (bicyclic) bond motifs is 1. The van der Waals surface area contributed by atoms with Gasteiger partial charge in [0.25, 0.3) is 5.91 Å². The van der Waals surface area contributed by atoms with Crippen LogP contribution < -0.4 is 5.32 Å². The van der Waals surface area contributed by atoms with Gasteiger partial charge in [0.2, 0.25) is 0 Å². The smallest absolute Gasteiger partial charge is 0.256 e. The van der Waals surface area contributed by atoms with Crippen LogP contribution in [0, 0.1) is 0 Å². The molecular weight excluding hydrogens is 379 g/mol. The molecule has 0 radical (unpaired) electrons. The van der Waals surface area contributed by atoms with Gasteiger partial charge >= 0.3 is 0 Å². The average molecular weight is 396 g/mol. The van der Waals surface area contributed by atoms with Gasteiger partial charge in [-0.25, -0.2) is 19.3 Å². The second-order valence-electron chi connectivity index (χ2n) is 6.48. The molecule has 0 aliphatic carbocycles. The van der Waals surface area contributed by atoms with Crippen molar-refractivity contribution in [3.05, 3.63) is 59.0 Å². The summed E-state index contributed by atoms with van der Waals surface area (Å²) < 4.78 is 22.1. The fourth-order valence-electron chi connectivity index (χ4n) is 3.36. The lowest BCUT2D eigenvalue weighted by Crippen LogP contribution is -2.26. The Hall–Kier alpha value is -3.56. The number of carbonyl (C=O) groups is 1. The van der Waals surface area contributed by atoms with E-state index in [-0.39, 0.29) is 11.7 Å². The normalized spacial score (nSPS) is 23.7. The molecule has 3 heterocycles. The van der Waals surface area contributed by atoms with Gasteiger partial charge in [0.05, 0.1) is 18.5 Å². The number of benzene rings is 1. The van der Waals surface area contributed by atoms with Gasteiger partial charge in [0, 0.05) is 10.5 Å². The van der Waals surface area contributed by atoms with Crippen LogP contribution in [0.1, 0.15) is 29.9 Å². The van der Waals surface area contributed by atoms with E-state index in [1.165, 1.54) is 17.2 Å². The van der Waals surface area contributed by atoms with Gasteiger partial charge in [-0.15, -0.1) is 0 Å². The highest BCUT2D eigenvalue weighted by Crippen LogP contribution is 2.37. The third-order valence-electron chi connectivity index (χ3n) is 4.78. The third-order valence-corrected chi connectivity index (χ3v) is 4.78. The zero-order valence-electron chi connectivity index (χ0n) is 15.4. The Bertz CT molecular complexity index is 1080. The van der Waals surface area contributed by atoms with Crippen molar-refractivity contribution in [2.45, 2.75) is 37.9 Å². The number of hydrogen-bond acceptors (Lipinski definition) is 6.